The number of aryl methyl sites for hydroxylation is 1. The third-order valence-electron chi connectivity index (χ3n) is 5.25. The van der Waals surface area contributed by atoms with Gasteiger partial charge in [-0.05, 0) is 49.8 Å². The predicted molar refractivity (Wildman–Crippen MR) is 117 cm³/mol. The standard InChI is InChI=1S/C21H23N3O2S2/c1-12-9-10-15-16(11-12)28-19-17(15)18(25)22-21(23-19)27-13(2)20(26)24(3)14-7-5-4-6-8-14/h4-8,12-13H,9-11H2,1-3H3,(H,22,23,25)/t12-,13+/m1/s1. The van der Waals surface area contributed by atoms with Crippen LogP contribution in [-0.4, -0.2) is 28.2 Å². The average molecular weight is 414 g/mol. The van der Waals surface area contributed by atoms with Gasteiger partial charge in [-0.3, -0.25) is 9.59 Å². The van der Waals surface area contributed by atoms with Crippen LogP contribution in [0, 0.1) is 5.92 Å². The summed E-state index contributed by atoms with van der Waals surface area (Å²) in [6, 6.07) is 9.54. The number of carbonyl (C=O) groups excluding carboxylic acids is 1. The van der Waals surface area contributed by atoms with Crippen LogP contribution in [0.2, 0.25) is 0 Å². The Bertz CT molecular complexity index is 1070. The summed E-state index contributed by atoms with van der Waals surface area (Å²) < 4.78 is 0. The van der Waals surface area contributed by atoms with Crippen molar-refractivity contribution in [3.05, 3.63) is 51.1 Å². The number of hydrogen-bond acceptors (Lipinski definition) is 5. The van der Waals surface area contributed by atoms with Gasteiger partial charge in [0.15, 0.2) is 5.16 Å². The number of hydrogen-bond donors (Lipinski definition) is 1. The lowest BCUT2D eigenvalue weighted by atomic mass is 9.89. The maximum Gasteiger partial charge on any atom is 0.260 e. The first-order valence-electron chi connectivity index (χ1n) is 9.48. The van der Waals surface area contributed by atoms with E-state index in [9.17, 15) is 9.59 Å². The molecule has 2 aromatic heterocycles. The molecule has 0 saturated heterocycles. The molecule has 7 heteroatoms. The Morgan fingerprint density at radius 2 is 2.11 bits per heavy atom. The highest BCUT2D eigenvalue weighted by atomic mass is 32.2. The number of thiophene rings is 1. The van der Waals surface area contributed by atoms with Crippen LogP contribution in [0.4, 0.5) is 5.69 Å². The third-order valence-corrected chi connectivity index (χ3v) is 7.37. The molecular weight excluding hydrogens is 390 g/mol. The molecule has 1 aliphatic carbocycles. The molecule has 0 aliphatic heterocycles. The first kappa shape index (κ1) is 19.2. The topological polar surface area (TPSA) is 66.1 Å². The average Bonchev–Trinajstić information content (AvgIpc) is 3.05. The zero-order chi connectivity index (χ0) is 19.8. The van der Waals surface area contributed by atoms with Gasteiger partial charge in [0.1, 0.15) is 4.83 Å². The Balaban J connectivity index is 1.58. The van der Waals surface area contributed by atoms with Crippen molar-refractivity contribution in [2.24, 2.45) is 5.92 Å². The van der Waals surface area contributed by atoms with Gasteiger partial charge in [-0.25, -0.2) is 4.98 Å². The van der Waals surface area contributed by atoms with Crippen LogP contribution in [0.25, 0.3) is 10.2 Å². The predicted octanol–water partition coefficient (Wildman–Crippen LogP) is 4.25. The number of carbonyl (C=O) groups is 1. The van der Waals surface area contributed by atoms with Crippen molar-refractivity contribution in [1.29, 1.82) is 0 Å². The molecule has 4 rings (SSSR count). The second kappa shape index (κ2) is 7.72. The Labute approximate surface area is 172 Å². The molecule has 2 heterocycles. The van der Waals surface area contributed by atoms with E-state index in [4.69, 9.17) is 0 Å². The summed E-state index contributed by atoms with van der Waals surface area (Å²) in [5.41, 5.74) is 1.93. The van der Waals surface area contributed by atoms with Crippen LogP contribution in [0.15, 0.2) is 40.3 Å². The van der Waals surface area contributed by atoms with Gasteiger partial charge < -0.3 is 9.88 Å². The Hall–Kier alpha value is -2.12. The first-order valence-corrected chi connectivity index (χ1v) is 11.2. The number of aromatic nitrogens is 2. The fraction of sp³-hybridized carbons (Fsp3) is 0.381. The minimum atomic E-state index is -0.361. The smallest absolute Gasteiger partial charge is 0.260 e. The number of anilines is 1. The largest absolute Gasteiger partial charge is 0.315 e. The molecule has 0 fully saturated rings. The van der Waals surface area contributed by atoms with Gasteiger partial charge >= 0.3 is 0 Å². The van der Waals surface area contributed by atoms with E-state index in [2.05, 4.69) is 16.9 Å². The van der Waals surface area contributed by atoms with Crippen LogP contribution in [-0.2, 0) is 17.6 Å². The number of rotatable bonds is 4. The van der Waals surface area contributed by atoms with E-state index in [-0.39, 0.29) is 16.7 Å². The van der Waals surface area contributed by atoms with Gasteiger partial charge in [0.2, 0.25) is 5.91 Å². The molecule has 1 amide bonds. The van der Waals surface area contributed by atoms with Crippen molar-refractivity contribution < 1.29 is 4.79 Å². The van der Waals surface area contributed by atoms with Crippen LogP contribution in [0.1, 0.15) is 30.7 Å². The molecule has 3 aromatic rings. The highest BCUT2D eigenvalue weighted by Crippen LogP contribution is 2.36. The lowest BCUT2D eigenvalue weighted by Gasteiger charge is -2.20. The van der Waals surface area contributed by atoms with Gasteiger partial charge in [0.05, 0.1) is 10.6 Å². The van der Waals surface area contributed by atoms with Crippen molar-refractivity contribution in [2.75, 3.05) is 11.9 Å². The number of para-hydroxylation sites is 1. The van der Waals surface area contributed by atoms with Gasteiger partial charge in [-0.1, -0.05) is 36.9 Å². The zero-order valence-electron chi connectivity index (χ0n) is 16.2. The number of benzene rings is 1. The fourth-order valence-electron chi connectivity index (χ4n) is 3.65. The van der Waals surface area contributed by atoms with Gasteiger partial charge in [0.25, 0.3) is 5.56 Å². The number of amides is 1. The monoisotopic (exact) mass is 413 g/mol. The molecule has 2 atom stereocenters. The van der Waals surface area contributed by atoms with Crippen LogP contribution >= 0.6 is 23.1 Å². The Morgan fingerprint density at radius 1 is 1.36 bits per heavy atom. The van der Waals surface area contributed by atoms with Gasteiger partial charge in [0, 0.05) is 17.6 Å². The number of nitrogens with one attached hydrogen (secondary N) is 1. The molecule has 1 N–H and O–H groups in total. The summed E-state index contributed by atoms with van der Waals surface area (Å²) in [5.74, 6) is 0.623. The number of aromatic amines is 1. The van der Waals surface area contributed by atoms with Crippen LogP contribution in [0.3, 0.4) is 0 Å². The maximum absolute atomic E-state index is 12.8. The van der Waals surface area contributed by atoms with Crippen molar-refractivity contribution in [3.63, 3.8) is 0 Å². The maximum atomic E-state index is 12.8. The lowest BCUT2D eigenvalue weighted by Crippen LogP contribution is -2.33. The summed E-state index contributed by atoms with van der Waals surface area (Å²) in [5, 5.41) is 0.892. The lowest BCUT2D eigenvalue weighted by molar-refractivity contribution is -0.117. The van der Waals surface area contributed by atoms with E-state index >= 15 is 0 Å². The molecule has 5 nitrogen and oxygen atoms in total. The van der Waals surface area contributed by atoms with E-state index in [1.807, 2.05) is 37.3 Å². The fourth-order valence-corrected chi connectivity index (χ4v) is 5.98. The van der Waals surface area contributed by atoms with Crippen LogP contribution in [0.5, 0.6) is 0 Å². The second-order valence-corrected chi connectivity index (χ2v) is 9.81. The van der Waals surface area contributed by atoms with Crippen molar-refractivity contribution in [2.45, 2.75) is 43.5 Å². The van der Waals surface area contributed by atoms with Crippen LogP contribution < -0.4 is 10.5 Å². The number of thioether (sulfide) groups is 1. The molecule has 146 valence electrons. The van der Waals surface area contributed by atoms with E-state index in [1.54, 1.807) is 23.3 Å². The first-order chi connectivity index (χ1) is 13.4. The number of H-pyrrole nitrogens is 1. The van der Waals surface area contributed by atoms with E-state index in [0.29, 0.717) is 11.1 Å². The van der Waals surface area contributed by atoms with E-state index < -0.39 is 0 Å². The molecule has 1 aromatic carbocycles. The molecular formula is C21H23N3O2S2. The highest BCUT2D eigenvalue weighted by molar-refractivity contribution is 8.00. The SMILES string of the molecule is C[C@@H]1CCc2c(sc3nc(S[C@@H](C)C(=O)N(C)c4ccccc4)[nH]c(=O)c23)C1. The quantitative estimate of drug-likeness (QED) is 0.513. The highest BCUT2D eigenvalue weighted by Gasteiger charge is 2.25. The zero-order valence-corrected chi connectivity index (χ0v) is 17.8. The van der Waals surface area contributed by atoms with Gasteiger partial charge in [-0.15, -0.1) is 11.3 Å². The molecule has 0 unspecified atom stereocenters. The van der Waals surface area contributed by atoms with Crippen molar-refractivity contribution in [3.8, 4) is 0 Å². The van der Waals surface area contributed by atoms with Crippen molar-refractivity contribution in [1.82, 2.24) is 9.97 Å². The van der Waals surface area contributed by atoms with Gasteiger partial charge in [-0.2, -0.15) is 0 Å². The molecule has 0 bridgehead atoms. The minimum Gasteiger partial charge on any atom is -0.315 e. The van der Waals surface area contributed by atoms with E-state index in [1.165, 1.54) is 22.2 Å². The Morgan fingerprint density at radius 3 is 2.86 bits per heavy atom. The second-order valence-electron chi connectivity index (χ2n) is 7.40. The molecule has 0 radical (unpaired) electrons. The van der Waals surface area contributed by atoms with E-state index in [0.717, 1.165) is 35.2 Å². The third kappa shape index (κ3) is 3.61. The summed E-state index contributed by atoms with van der Waals surface area (Å²) in [6.45, 7) is 4.10. The minimum absolute atomic E-state index is 0.0294. The number of fused-ring (bicyclic) bond motifs is 3. The molecule has 0 saturated carbocycles. The van der Waals surface area contributed by atoms with Crippen molar-refractivity contribution >= 4 is 44.9 Å². The molecule has 0 spiro atoms. The summed E-state index contributed by atoms with van der Waals surface area (Å²) >= 11 is 2.93. The summed E-state index contributed by atoms with van der Waals surface area (Å²) in [6.07, 6.45) is 3.09. The molecule has 28 heavy (non-hydrogen) atoms. The Kier molecular flexibility index (Phi) is 5.29. The summed E-state index contributed by atoms with van der Waals surface area (Å²) in [4.78, 5) is 36.8. The molecule has 1 aliphatic rings. The number of nitrogens with zero attached hydrogens (tertiary/aromatic N) is 2. The normalized spacial score (nSPS) is 17.3. The summed E-state index contributed by atoms with van der Waals surface area (Å²) in [7, 11) is 1.77.